The van der Waals surface area contributed by atoms with E-state index < -0.39 is 0 Å². The molecule has 6 nitrogen and oxygen atoms in total. The average Bonchev–Trinajstić information content (AvgIpc) is 2.75. The second-order valence-electron chi connectivity index (χ2n) is 7.75. The van der Waals surface area contributed by atoms with E-state index in [1.165, 1.54) is 5.56 Å². The highest BCUT2D eigenvalue weighted by molar-refractivity contribution is 7.80. The van der Waals surface area contributed by atoms with Gasteiger partial charge in [-0.2, -0.15) is 5.10 Å². The largest absolute Gasteiger partial charge is 0.493 e. The highest BCUT2D eigenvalue weighted by Crippen LogP contribution is 2.28. The van der Waals surface area contributed by atoms with Crippen LogP contribution in [0.25, 0.3) is 0 Å². The summed E-state index contributed by atoms with van der Waals surface area (Å²) in [6.07, 6.45) is 3.37. The van der Waals surface area contributed by atoms with Gasteiger partial charge in [-0.25, -0.2) is 0 Å². The molecule has 0 unspecified atom stereocenters. The lowest BCUT2D eigenvalue weighted by Gasteiger charge is -2.19. The molecular weight excluding hydrogens is 410 g/mol. The van der Waals surface area contributed by atoms with Crippen LogP contribution >= 0.6 is 12.2 Å². The van der Waals surface area contributed by atoms with Crippen LogP contribution in [0.5, 0.6) is 17.2 Å². The average molecular weight is 442 g/mol. The molecule has 2 aromatic carbocycles. The molecule has 0 aliphatic carbocycles. The third-order valence-electron chi connectivity index (χ3n) is 4.30. The maximum absolute atomic E-state index is 5.82. The smallest absolute Gasteiger partial charge is 0.187 e. The van der Waals surface area contributed by atoms with Crippen LogP contribution in [-0.4, -0.2) is 38.2 Å². The molecule has 2 aromatic rings. The summed E-state index contributed by atoms with van der Waals surface area (Å²) in [5.74, 6) is 2.08. The van der Waals surface area contributed by atoms with Gasteiger partial charge in [0.2, 0.25) is 0 Å². The lowest BCUT2D eigenvalue weighted by molar-refractivity contribution is 0.211. The van der Waals surface area contributed by atoms with Crippen molar-refractivity contribution in [3.8, 4) is 17.2 Å². The molecule has 0 aliphatic rings. The zero-order valence-corrected chi connectivity index (χ0v) is 19.4. The minimum Gasteiger partial charge on any atom is -0.493 e. The van der Waals surface area contributed by atoms with Gasteiger partial charge in [-0.05, 0) is 59.1 Å². The number of hydrogen-bond acceptors (Lipinski definition) is 5. The molecule has 2 N–H and O–H groups in total. The monoisotopic (exact) mass is 441 g/mol. The molecule has 2 rings (SSSR count). The van der Waals surface area contributed by atoms with Crippen LogP contribution < -0.4 is 25.0 Å². The number of rotatable bonds is 10. The first-order chi connectivity index (χ1) is 14.8. The van der Waals surface area contributed by atoms with E-state index in [0.717, 1.165) is 11.3 Å². The van der Waals surface area contributed by atoms with Crippen LogP contribution in [0.15, 0.2) is 60.2 Å². The van der Waals surface area contributed by atoms with Crippen molar-refractivity contribution in [1.29, 1.82) is 0 Å². The SMILES string of the molecule is C=CCNC(=S)N/N=C\c1ccc(OCCOc2ccc(C(C)(C)C)cc2)c(OC)c1. The minimum absolute atomic E-state index is 0.124. The van der Waals surface area contributed by atoms with Crippen molar-refractivity contribution in [3.63, 3.8) is 0 Å². The van der Waals surface area contributed by atoms with Crippen molar-refractivity contribution in [3.05, 3.63) is 66.2 Å². The highest BCUT2D eigenvalue weighted by Gasteiger charge is 2.13. The van der Waals surface area contributed by atoms with Gasteiger partial charge in [0, 0.05) is 6.54 Å². The number of hydrogen-bond donors (Lipinski definition) is 2. The number of hydrazone groups is 1. The Hall–Kier alpha value is -3.06. The summed E-state index contributed by atoms with van der Waals surface area (Å²) in [5.41, 5.74) is 4.98. The number of nitrogens with one attached hydrogen (secondary N) is 2. The van der Waals surface area contributed by atoms with E-state index in [1.54, 1.807) is 19.4 Å². The zero-order chi connectivity index (χ0) is 22.7. The third kappa shape index (κ3) is 8.30. The Morgan fingerprint density at radius 1 is 1.06 bits per heavy atom. The van der Waals surface area contributed by atoms with Gasteiger partial charge in [-0.3, -0.25) is 5.43 Å². The lowest BCUT2D eigenvalue weighted by Crippen LogP contribution is -2.31. The Bertz CT molecular complexity index is 890. The molecule has 0 aromatic heterocycles. The summed E-state index contributed by atoms with van der Waals surface area (Å²) in [5, 5.41) is 7.46. The van der Waals surface area contributed by atoms with E-state index >= 15 is 0 Å². The Morgan fingerprint density at radius 2 is 1.77 bits per heavy atom. The Labute approximate surface area is 190 Å². The quantitative estimate of drug-likeness (QED) is 0.187. The van der Waals surface area contributed by atoms with Crippen molar-refractivity contribution >= 4 is 23.5 Å². The van der Waals surface area contributed by atoms with Gasteiger partial charge in [0.1, 0.15) is 19.0 Å². The Kier molecular flexibility index (Phi) is 9.34. The van der Waals surface area contributed by atoms with Gasteiger partial charge in [0.15, 0.2) is 16.6 Å². The van der Waals surface area contributed by atoms with Crippen molar-refractivity contribution < 1.29 is 14.2 Å². The summed E-state index contributed by atoms with van der Waals surface area (Å²) in [6.45, 7) is 11.6. The normalized spacial score (nSPS) is 11.1. The van der Waals surface area contributed by atoms with Crippen LogP contribution in [0.3, 0.4) is 0 Å². The summed E-state index contributed by atoms with van der Waals surface area (Å²) in [7, 11) is 1.60. The maximum Gasteiger partial charge on any atom is 0.187 e. The molecule has 0 saturated carbocycles. The topological polar surface area (TPSA) is 64.1 Å². The van der Waals surface area contributed by atoms with E-state index in [1.807, 2.05) is 30.3 Å². The van der Waals surface area contributed by atoms with Crippen molar-refractivity contribution in [2.75, 3.05) is 26.9 Å². The van der Waals surface area contributed by atoms with E-state index in [-0.39, 0.29) is 5.41 Å². The number of nitrogens with zero attached hydrogens (tertiary/aromatic N) is 1. The maximum atomic E-state index is 5.82. The molecule has 0 heterocycles. The van der Waals surface area contributed by atoms with E-state index in [0.29, 0.717) is 36.4 Å². The predicted octanol–water partition coefficient (Wildman–Crippen LogP) is 4.43. The van der Waals surface area contributed by atoms with Gasteiger partial charge in [-0.15, -0.1) is 6.58 Å². The van der Waals surface area contributed by atoms with Crippen LogP contribution in [0, 0.1) is 0 Å². The molecule has 31 heavy (non-hydrogen) atoms. The van der Waals surface area contributed by atoms with Crippen molar-refractivity contribution in [1.82, 2.24) is 10.7 Å². The fourth-order valence-electron chi connectivity index (χ4n) is 2.62. The Balaban J connectivity index is 1.84. The first-order valence-electron chi connectivity index (χ1n) is 10.1. The summed E-state index contributed by atoms with van der Waals surface area (Å²) in [4.78, 5) is 0. The number of benzene rings is 2. The molecule has 0 atom stereocenters. The number of thiocarbonyl (C=S) groups is 1. The lowest BCUT2D eigenvalue weighted by atomic mass is 9.87. The zero-order valence-electron chi connectivity index (χ0n) is 18.6. The van der Waals surface area contributed by atoms with Gasteiger partial charge < -0.3 is 19.5 Å². The van der Waals surface area contributed by atoms with Crippen LogP contribution in [0.1, 0.15) is 31.9 Å². The van der Waals surface area contributed by atoms with Crippen LogP contribution in [0.4, 0.5) is 0 Å². The standard InChI is InChI=1S/C24H31N3O3S/c1-6-13-25-23(31)27-26-17-18-7-12-21(22(16-18)28-5)30-15-14-29-20-10-8-19(9-11-20)24(2,3)4/h6-12,16-17H,1,13-15H2,2-5H3,(H2,25,27,31)/b26-17-. The first-order valence-corrected chi connectivity index (χ1v) is 10.5. The van der Waals surface area contributed by atoms with Gasteiger partial charge >= 0.3 is 0 Å². The number of ether oxygens (including phenoxy) is 3. The molecule has 166 valence electrons. The van der Waals surface area contributed by atoms with Crippen LogP contribution in [-0.2, 0) is 5.41 Å². The molecule has 0 aliphatic heterocycles. The van der Waals surface area contributed by atoms with Gasteiger partial charge in [0.05, 0.1) is 13.3 Å². The van der Waals surface area contributed by atoms with Crippen molar-refractivity contribution in [2.45, 2.75) is 26.2 Å². The fraction of sp³-hybridized carbons (Fsp3) is 0.333. The number of methoxy groups -OCH3 is 1. The molecule has 0 saturated heterocycles. The molecule has 0 radical (unpaired) electrons. The summed E-state index contributed by atoms with van der Waals surface area (Å²) < 4.78 is 17.0. The van der Waals surface area contributed by atoms with Gasteiger partial charge in [-0.1, -0.05) is 39.0 Å². The molecule has 7 heteroatoms. The molecule has 0 amide bonds. The summed E-state index contributed by atoms with van der Waals surface area (Å²) >= 11 is 5.08. The van der Waals surface area contributed by atoms with Crippen molar-refractivity contribution in [2.24, 2.45) is 5.10 Å². The third-order valence-corrected chi connectivity index (χ3v) is 4.54. The summed E-state index contributed by atoms with van der Waals surface area (Å²) in [6, 6.07) is 13.7. The van der Waals surface area contributed by atoms with Gasteiger partial charge in [0.25, 0.3) is 0 Å². The van der Waals surface area contributed by atoms with E-state index in [4.69, 9.17) is 26.4 Å². The molecule has 0 bridgehead atoms. The fourth-order valence-corrected chi connectivity index (χ4v) is 2.75. The van der Waals surface area contributed by atoms with E-state index in [9.17, 15) is 0 Å². The Morgan fingerprint density at radius 3 is 2.42 bits per heavy atom. The highest BCUT2D eigenvalue weighted by atomic mass is 32.1. The second kappa shape index (κ2) is 12.0. The second-order valence-corrected chi connectivity index (χ2v) is 8.16. The minimum atomic E-state index is 0.124. The molecule has 0 spiro atoms. The first kappa shape index (κ1) is 24.2. The van der Waals surface area contributed by atoms with Crippen LogP contribution in [0.2, 0.25) is 0 Å². The predicted molar refractivity (Wildman–Crippen MR) is 131 cm³/mol. The van der Waals surface area contributed by atoms with E-state index in [2.05, 4.69) is 55.3 Å². The molecule has 0 fully saturated rings. The molecular formula is C24H31N3O3S.